The SMILES string of the molecule is CC(C)CC(C)Nc1ccccc1OC(F)F. The summed E-state index contributed by atoms with van der Waals surface area (Å²) in [6.07, 6.45) is 0.975. The van der Waals surface area contributed by atoms with E-state index < -0.39 is 6.61 Å². The van der Waals surface area contributed by atoms with Gasteiger partial charge < -0.3 is 10.1 Å². The summed E-state index contributed by atoms with van der Waals surface area (Å²) < 4.78 is 28.9. The number of halogens is 2. The van der Waals surface area contributed by atoms with Gasteiger partial charge in [0, 0.05) is 6.04 Å². The molecule has 0 aliphatic heterocycles. The van der Waals surface area contributed by atoms with Gasteiger partial charge in [-0.15, -0.1) is 0 Å². The molecule has 96 valence electrons. The average molecular weight is 243 g/mol. The van der Waals surface area contributed by atoms with Gasteiger partial charge >= 0.3 is 6.61 Å². The Labute approximate surface area is 101 Å². The predicted molar refractivity (Wildman–Crippen MR) is 65.6 cm³/mol. The number of ether oxygens (including phenoxy) is 1. The third-order valence-corrected chi connectivity index (χ3v) is 2.33. The predicted octanol–water partition coefficient (Wildman–Crippen LogP) is 4.13. The van der Waals surface area contributed by atoms with Gasteiger partial charge in [0.2, 0.25) is 0 Å². The topological polar surface area (TPSA) is 21.3 Å². The third kappa shape index (κ3) is 5.02. The van der Waals surface area contributed by atoms with E-state index in [-0.39, 0.29) is 11.8 Å². The van der Waals surface area contributed by atoms with E-state index in [1.807, 2.05) is 6.92 Å². The molecule has 0 amide bonds. The van der Waals surface area contributed by atoms with Gasteiger partial charge in [0.05, 0.1) is 5.69 Å². The van der Waals surface area contributed by atoms with Crippen molar-refractivity contribution in [1.29, 1.82) is 0 Å². The zero-order valence-electron chi connectivity index (χ0n) is 10.4. The van der Waals surface area contributed by atoms with Crippen molar-refractivity contribution in [2.75, 3.05) is 5.32 Å². The molecule has 0 aromatic heterocycles. The molecule has 0 aliphatic rings. The first kappa shape index (κ1) is 13.7. The quantitative estimate of drug-likeness (QED) is 0.811. The van der Waals surface area contributed by atoms with Crippen molar-refractivity contribution in [1.82, 2.24) is 0 Å². The molecule has 1 aromatic rings. The van der Waals surface area contributed by atoms with Crippen LogP contribution in [0.3, 0.4) is 0 Å². The van der Waals surface area contributed by atoms with Crippen molar-refractivity contribution in [3.05, 3.63) is 24.3 Å². The van der Waals surface area contributed by atoms with E-state index in [1.165, 1.54) is 6.07 Å². The van der Waals surface area contributed by atoms with Gasteiger partial charge in [0.15, 0.2) is 0 Å². The molecule has 0 saturated heterocycles. The van der Waals surface area contributed by atoms with E-state index in [2.05, 4.69) is 23.9 Å². The number of hydrogen-bond acceptors (Lipinski definition) is 2. The van der Waals surface area contributed by atoms with Gasteiger partial charge in [-0.3, -0.25) is 0 Å². The molecule has 0 saturated carbocycles. The van der Waals surface area contributed by atoms with Crippen molar-refractivity contribution in [2.45, 2.75) is 39.8 Å². The maximum Gasteiger partial charge on any atom is 0.387 e. The molecule has 0 aliphatic carbocycles. The molecular formula is C13H19F2NO. The maximum absolute atomic E-state index is 12.2. The van der Waals surface area contributed by atoms with Crippen LogP contribution in [0.15, 0.2) is 24.3 Å². The van der Waals surface area contributed by atoms with Crippen LogP contribution in [0.4, 0.5) is 14.5 Å². The summed E-state index contributed by atoms with van der Waals surface area (Å²) >= 11 is 0. The summed E-state index contributed by atoms with van der Waals surface area (Å²) in [5.41, 5.74) is 0.612. The molecule has 4 heteroatoms. The van der Waals surface area contributed by atoms with Crippen LogP contribution in [0.5, 0.6) is 5.75 Å². The van der Waals surface area contributed by atoms with Crippen molar-refractivity contribution < 1.29 is 13.5 Å². The second-order valence-corrected chi connectivity index (χ2v) is 4.55. The minimum absolute atomic E-state index is 0.193. The Morgan fingerprint density at radius 2 is 1.82 bits per heavy atom. The smallest absolute Gasteiger partial charge is 0.387 e. The number of nitrogens with one attached hydrogen (secondary N) is 1. The molecule has 1 aromatic carbocycles. The molecule has 1 unspecified atom stereocenters. The van der Waals surface area contributed by atoms with Gasteiger partial charge in [-0.25, -0.2) is 0 Å². The van der Waals surface area contributed by atoms with Crippen molar-refractivity contribution in [3.63, 3.8) is 0 Å². The van der Waals surface area contributed by atoms with Crippen molar-refractivity contribution in [3.8, 4) is 5.75 Å². The highest BCUT2D eigenvalue weighted by Crippen LogP contribution is 2.26. The highest BCUT2D eigenvalue weighted by Gasteiger charge is 2.11. The fourth-order valence-corrected chi connectivity index (χ4v) is 1.82. The van der Waals surface area contributed by atoms with Crippen LogP contribution < -0.4 is 10.1 Å². The van der Waals surface area contributed by atoms with Crippen LogP contribution in [-0.2, 0) is 0 Å². The van der Waals surface area contributed by atoms with E-state index in [0.29, 0.717) is 11.6 Å². The van der Waals surface area contributed by atoms with E-state index in [4.69, 9.17) is 0 Å². The van der Waals surface area contributed by atoms with Crippen LogP contribution in [0.1, 0.15) is 27.2 Å². The first-order valence-corrected chi connectivity index (χ1v) is 5.79. The van der Waals surface area contributed by atoms with Crippen molar-refractivity contribution in [2.24, 2.45) is 5.92 Å². The Kier molecular flexibility index (Phi) is 5.19. The lowest BCUT2D eigenvalue weighted by Gasteiger charge is -2.19. The zero-order valence-corrected chi connectivity index (χ0v) is 10.4. The number of rotatable bonds is 6. The van der Waals surface area contributed by atoms with E-state index >= 15 is 0 Å². The summed E-state index contributed by atoms with van der Waals surface area (Å²) in [5, 5.41) is 3.19. The summed E-state index contributed by atoms with van der Waals surface area (Å²) in [5.74, 6) is 0.749. The molecule has 1 rings (SSSR count). The lowest BCUT2D eigenvalue weighted by molar-refractivity contribution is -0.0493. The Morgan fingerprint density at radius 3 is 2.41 bits per heavy atom. The van der Waals surface area contributed by atoms with Gasteiger partial charge in [0.1, 0.15) is 5.75 Å². The Bertz CT molecular complexity index is 342. The van der Waals surface area contributed by atoms with Crippen LogP contribution in [0.25, 0.3) is 0 Å². The maximum atomic E-state index is 12.2. The molecule has 0 bridgehead atoms. The van der Waals surface area contributed by atoms with E-state index in [1.54, 1.807) is 18.2 Å². The average Bonchev–Trinajstić information content (AvgIpc) is 2.18. The molecule has 0 spiro atoms. The van der Waals surface area contributed by atoms with Crippen LogP contribution in [0, 0.1) is 5.92 Å². The summed E-state index contributed by atoms with van der Waals surface area (Å²) in [7, 11) is 0. The first-order chi connectivity index (χ1) is 7.99. The molecule has 0 heterocycles. The second-order valence-electron chi connectivity index (χ2n) is 4.55. The molecule has 1 N–H and O–H groups in total. The Morgan fingerprint density at radius 1 is 1.18 bits per heavy atom. The summed E-state index contributed by atoms with van der Waals surface area (Å²) in [6, 6.07) is 6.97. The number of anilines is 1. The number of benzene rings is 1. The molecule has 0 fully saturated rings. The first-order valence-electron chi connectivity index (χ1n) is 5.79. The zero-order chi connectivity index (χ0) is 12.8. The molecular weight excluding hydrogens is 224 g/mol. The van der Waals surface area contributed by atoms with Crippen molar-refractivity contribution >= 4 is 5.69 Å². The number of hydrogen-bond donors (Lipinski definition) is 1. The third-order valence-electron chi connectivity index (χ3n) is 2.33. The molecule has 0 radical (unpaired) electrons. The number of para-hydroxylation sites is 2. The van der Waals surface area contributed by atoms with Crippen LogP contribution in [0.2, 0.25) is 0 Å². The normalized spacial score (nSPS) is 12.9. The lowest BCUT2D eigenvalue weighted by atomic mass is 10.1. The van der Waals surface area contributed by atoms with Gasteiger partial charge in [0.25, 0.3) is 0 Å². The van der Waals surface area contributed by atoms with E-state index in [9.17, 15) is 8.78 Å². The highest BCUT2D eigenvalue weighted by molar-refractivity contribution is 5.56. The Hall–Kier alpha value is -1.32. The highest BCUT2D eigenvalue weighted by atomic mass is 19.3. The fourth-order valence-electron chi connectivity index (χ4n) is 1.82. The van der Waals surface area contributed by atoms with Gasteiger partial charge in [-0.05, 0) is 31.4 Å². The fraction of sp³-hybridized carbons (Fsp3) is 0.538. The molecule has 2 nitrogen and oxygen atoms in total. The summed E-state index contributed by atoms with van der Waals surface area (Å²) in [6.45, 7) is 3.48. The minimum atomic E-state index is -2.79. The second kappa shape index (κ2) is 6.42. The van der Waals surface area contributed by atoms with E-state index in [0.717, 1.165) is 6.42 Å². The monoisotopic (exact) mass is 243 g/mol. The minimum Gasteiger partial charge on any atom is -0.433 e. The standard InChI is InChI=1S/C13H19F2NO/c1-9(2)8-10(3)16-11-6-4-5-7-12(11)17-13(14)15/h4-7,9-10,13,16H,8H2,1-3H3. The van der Waals surface area contributed by atoms with Crippen LogP contribution in [-0.4, -0.2) is 12.7 Å². The molecule has 1 atom stereocenters. The largest absolute Gasteiger partial charge is 0.433 e. The summed E-state index contributed by atoms with van der Waals surface area (Å²) in [4.78, 5) is 0. The lowest BCUT2D eigenvalue weighted by Crippen LogP contribution is -2.18. The van der Waals surface area contributed by atoms with Crippen LogP contribution >= 0.6 is 0 Å². The Balaban J connectivity index is 2.69. The van der Waals surface area contributed by atoms with Gasteiger partial charge in [-0.1, -0.05) is 26.0 Å². The molecule has 17 heavy (non-hydrogen) atoms. The van der Waals surface area contributed by atoms with Gasteiger partial charge in [-0.2, -0.15) is 8.78 Å². The number of alkyl halides is 2.